The van der Waals surface area contributed by atoms with Gasteiger partial charge in [-0.2, -0.15) is 0 Å². The molecule has 26 heavy (non-hydrogen) atoms. The number of hydrogen-bond donors (Lipinski definition) is 1. The van der Waals surface area contributed by atoms with Crippen molar-refractivity contribution in [3.8, 4) is 11.3 Å². The van der Waals surface area contributed by atoms with Gasteiger partial charge in [0.05, 0.1) is 11.4 Å². The van der Waals surface area contributed by atoms with E-state index in [1.165, 1.54) is 16.9 Å². The van der Waals surface area contributed by atoms with Gasteiger partial charge in [-0.05, 0) is 46.8 Å². The van der Waals surface area contributed by atoms with Crippen LogP contribution in [-0.4, -0.2) is 27.9 Å². The van der Waals surface area contributed by atoms with Gasteiger partial charge < -0.3 is 10.6 Å². The van der Waals surface area contributed by atoms with Gasteiger partial charge in [-0.15, -0.1) is 11.3 Å². The van der Waals surface area contributed by atoms with Gasteiger partial charge >= 0.3 is 0 Å². The van der Waals surface area contributed by atoms with Gasteiger partial charge in [-0.1, -0.05) is 29.8 Å². The number of benzene rings is 1. The monoisotopic (exact) mass is 367 g/mol. The fourth-order valence-corrected chi connectivity index (χ4v) is 4.26. The molecule has 3 aromatic rings. The Labute approximate surface area is 158 Å². The molecule has 3 rings (SSSR count). The van der Waals surface area contributed by atoms with Crippen molar-refractivity contribution in [3.05, 3.63) is 46.8 Å². The lowest BCUT2D eigenvalue weighted by molar-refractivity contribution is 0.0650. The number of amides is 1. The summed E-state index contributed by atoms with van der Waals surface area (Å²) in [7, 11) is 0. The SMILES string of the molecule is Cc1ccc(-c2ccc3c(N)c(C(=O)N(C(C)C)C(C)C)sc3n2)cc1. The quantitative estimate of drug-likeness (QED) is 0.697. The molecule has 0 fully saturated rings. The number of carbonyl (C=O) groups excluding carboxylic acids is 1. The highest BCUT2D eigenvalue weighted by Crippen LogP contribution is 2.35. The average molecular weight is 368 g/mol. The summed E-state index contributed by atoms with van der Waals surface area (Å²) in [6.45, 7) is 10.2. The summed E-state index contributed by atoms with van der Waals surface area (Å²) in [4.78, 5) is 21.0. The van der Waals surface area contributed by atoms with Gasteiger partial charge in [0.25, 0.3) is 5.91 Å². The Hall–Kier alpha value is -2.40. The van der Waals surface area contributed by atoms with E-state index in [1.54, 1.807) is 0 Å². The number of pyridine rings is 1. The number of nitrogens with zero attached hydrogens (tertiary/aromatic N) is 2. The van der Waals surface area contributed by atoms with Crippen molar-refractivity contribution in [3.63, 3.8) is 0 Å². The number of carbonyl (C=O) groups is 1. The second kappa shape index (κ2) is 7.08. The van der Waals surface area contributed by atoms with Crippen molar-refractivity contribution in [1.82, 2.24) is 9.88 Å². The van der Waals surface area contributed by atoms with Gasteiger partial charge in [-0.3, -0.25) is 4.79 Å². The molecule has 0 spiro atoms. The van der Waals surface area contributed by atoms with Gasteiger partial charge in [-0.25, -0.2) is 4.98 Å². The molecule has 0 bridgehead atoms. The minimum absolute atomic E-state index is 0.0209. The van der Waals surface area contributed by atoms with E-state index >= 15 is 0 Å². The second-order valence-electron chi connectivity index (χ2n) is 7.16. The molecular formula is C21H25N3OS. The zero-order valence-corrected chi connectivity index (χ0v) is 16.7. The Morgan fingerprint density at radius 3 is 2.23 bits per heavy atom. The highest BCUT2D eigenvalue weighted by Gasteiger charge is 2.26. The highest BCUT2D eigenvalue weighted by molar-refractivity contribution is 7.21. The summed E-state index contributed by atoms with van der Waals surface area (Å²) < 4.78 is 0. The minimum Gasteiger partial charge on any atom is -0.397 e. The van der Waals surface area contributed by atoms with Crippen molar-refractivity contribution < 1.29 is 4.79 Å². The molecule has 2 heterocycles. The first-order valence-corrected chi connectivity index (χ1v) is 9.70. The molecule has 0 aliphatic heterocycles. The molecule has 1 amide bonds. The number of thiophene rings is 1. The maximum Gasteiger partial charge on any atom is 0.266 e. The smallest absolute Gasteiger partial charge is 0.266 e. The number of fused-ring (bicyclic) bond motifs is 1. The van der Waals surface area contributed by atoms with Gasteiger partial charge in [0.15, 0.2) is 0 Å². The number of anilines is 1. The number of hydrogen-bond acceptors (Lipinski definition) is 4. The van der Waals surface area contributed by atoms with E-state index in [0.29, 0.717) is 10.6 Å². The lowest BCUT2D eigenvalue weighted by atomic mass is 10.1. The summed E-state index contributed by atoms with van der Waals surface area (Å²) in [6, 6.07) is 12.4. The molecular weight excluding hydrogens is 342 g/mol. The van der Waals surface area contributed by atoms with E-state index in [2.05, 4.69) is 31.2 Å². The van der Waals surface area contributed by atoms with Gasteiger partial charge in [0, 0.05) is 23.0 Å². The number of nitrogens with two attached hydrogens (primary N) is 1. The van der Waals surface area contributed by atoms with Crippen LogP contribution in [0.5, 0.6) is 0 Å². The van der Waals surface area contributed by atoms with Gasteiger partial charge in [0.1, 0.15) is 9.71 Å². The maximum atomic E-state index is 13.0. The minimum atomic E-state index is -0.0209. The standard InChI is InChI=1S/C21H25N3OS/c1-12(2)24(13(3)4)21(25)19-18(22)16-10-11-17(23-20(16)26-19)15-8-6-14(5)7-9-15/h6-13H,22H2,1-5H3. The zero-order valence-electron chi connectivity index (χ0n) is 15.9. The summed E-state index contributed by atoms with van der Waals surface area (Å²) in [5.74, 6) is -0.0209. The molecule has 0 aliphatic rings. The Kier molecular flexibility index (Phi) is 5.01. The first-order chi connectivity index (χ1) is 12.3. The molecule has 0 atom stereocenters. The first-order valence-electron chi connectivity index (χ1n) is 8.88. The Balaban J connectivity index is 2.05. The van der Waals surface area contributed by atoms with E-state index in [-0.39, 0.29) is 18.0 Å². The van der Waals surface area contributed by atoms with Crippen molar-refractivity contribution in [2.24, 2.45) is 0 Å². The maximum absolute atomic E-state index is 13.0. The molecule has 0 unspecified atom stereocenters. The van der Waals surface area contributed by atoms with Crippen LogP contribution in [-0.2, 0) is 0 Å². The molecule has 2 aromatic heterocycles. The Morgan fingerprint density at radius 2 is 1.65 bits per heavy atom. The van der Waals surface area contributed by atoms with E-state index in [4.69, 9.17) is 10.7 Å². The third-order valence-corrected chi connectivity index (χ3v) is 5.59. The lowest BCUT2D eigenvalue weighted by Crippen LogP contribution is -2.41. The summed E-state index contributed by atoms with van der Waals surface area (Å²) in [5, 5.41) is 0.849. The third-order valence-electron chi connectivity index (χ3n) is 4.48. The summed E-state index contributed by atoms with van der Waals surface area (Å²) in [5.41, 5.74) is 10.0. The third kappa shape index (κ3) is 3.31. The fourth-order valence-electron chi connectivity index (χ4n) is 3.22. The van der Waals surface area contributed by atoms with Crippen molar-refractivity contribution in [1.29, 1.82) is 0 Å². The van der Waals surface area contributed by atoms with Crippen LogP contribution in [0.25, 0.3) is 21.5 Å². The molecule has 5 heteroatoms. The largest absolute Gasteiger partial charge is 0.397 e. The molecule has 0 aliphatic carbocycles. The molecule has 136 valence electrons. The van der Waals surface area contributed by atoms with Crippen LogP contribution in [0.4, 0.5) is 5.69 Å². The topological polar surface area (TPSA) is 59.2 Å². The van der Waals surface area contributed by atoms with Crippen LogP contribution in [0.1, 0.15) is 42.9 Å². The van der Waals surface area contributed by atoms with Crippen LogP contribution in [0.3, 0.4) is 0 Å². The number of aromatic nitrogens is 1. The molecule has 0 saturated carbocycles. The number of nitrogen functional groups attached to an aromatic ring is 1. The zero-order chi connectivity index (χ0) is 19.0. The second-order valence-corrected chi connectivity index (χ2v) is 8.16. The first kappa shape index (κ1) is 18.4. The predicted molar refractivity (Wildman–Crippen MR) is 111 cm³/mol. The molecule has 0 radical (unpaired) electrons. The van der Waals surface area contributed by atoms with Crippen LogP contribution >= 0.6 is 11.3 Å². The number of aryl methyl sites for hydroxylation is 1. The summed E-state index contributed by atoms with van der Waals surface area (Å²) in [6.07, 6.45) is 0. The average Bonchev–Trinajstić information content (AvgIpc) is 2.91. The van der Waals surface area contributed by atoms with Crippen LogP contribution in [0.2, 0.25) is 0 Å². The predicted octanol–water partition coefficient (Wildman–Crippen LogP) is 5.11. The normalized spacial score (nSPS) is 11.5. The molecule has 2 N–H and O–H groups in total. The van der Waals surface area contributed by atoms with Crippen molar-refractivity contribution in [2.45, 2.75) is 46.7 Å². The van der Waals surface area contributed by atoms with E-state index in [9.17, 15) is 4.79 Å². The van der Waals surface area contributed by atoms with E-state index in [0.717, 1.165) is 21.5 Å². The van der Waals surface area contributed by atoms with Gasteiger partial charge in [0.2, 0.25) is 0 Å². The van der Waals surface area contributed by atoms with Crippen molar-refractivity contribution >= 4 is 33.1 Å². The lowest BCUT2D eigenvalue weighted by Gasteiger charge is -2.30. The van der Waals surface area contributed by atoms with Crippen molar-refractivity contribution in [2.75, 3.05) is 5.73 Å². The van der Waals surface area contributed by atoms with Crippen LogP contribution in [0, 0.1) is 6.92 Å². The van der Waals surface area contributed by atoms with Crippen LogP contribution < -0.4 is 5.73 Å². The summed E-state index contributed by atoms with van der Waals surface area (Å²) >= 11 is 1.38. The molecule has 0 saturated heterocycles. The van der Waals surface area contributed by atoms with E-state index in [1.807, 2.05) is 44.7 Å². The molecule has 4 nitrogen and oxygen atoms in total. The fraction of sp³-hybridized carbons (Fsp3) is 0.333. The van der Waals surface area contributed by atoms with Crippen LogP contribution in [0.15, 0.2) is 36.4 Å². The number of rotatable bonds is 4. The Bertz CT molecular complexity index is 934. The Morgan fingerprint density at radius 1 is 1.04 bits per heavy atom. The van der Waals surface area contributed by atoms with E-state index < -0.39 is 0 Å². The highest BCUT2D eigenvalue weighted by atomic mass is 32.1. The molecule has 1 aromatic carbocycles.